The van der Waals surface area contributed by atoms with Crippen molar-refractivity contribution in [1.29, 1.82) is 0 Å². The molecule has 0 unspecified atom stereocenters. The maximum Gasteiger partial charge on any atom is 0.209 e. The van der Waals surface area contributed by atoms with Crippen molar-refractivity contribution < 1.29 is 17.5 Å². The highest BCUT2D eigenvalue weighted by Gasteiger charge is 2.20. The fourth-order valence-electron chi connectivity index (χ4n) is 3.87. The van der Waals surface area contributed by atoms with Gasteiger partial charge in [-0.3, -0.25) is 4.40 Å². The Labute approximate surface area is 188 Å². The van der Waals surface area contributed by atoms with E-state index in [0.29, 0.717) is 41.4 Å². The van der Waals surface area contributed by atoms with Crippen molar-refractivity contribution in [2.24, 2.45) is 0 Å². The fraction of sp³-hybridized carbons (Fsp3) is 0.182. The lowest BCUT2D eigenvalue weighted by Crippen LogP contribution is -2.09. The van der Waals surface area contributed by atoms with Crippen LogP contribution in [-0.4, -0.2) is 35.6 Å². The summed E-state index contributed by atoms with van der Waals surface area (Å²) in [6.45, 7) is 0.761. The maximum absolute atomic E-state index is 14.5. The molecule has 2 aromatic carbocycles. The number of fused-ring (bicyclic) bond motifs is 2. The highest BCUT2D eigenvalue weighted by Crippen LogP contribution is 2.33. The summed E-state index contributed by atoms with van der Waals surface area (Å²) in [6.07, 6.45) is 4.99. The number of nitrogens with zero attached hydrogens (tertiary/aromatic N) is 3. The summed E-state index contributed by atoms with van der Waals surface area (Å²) in [4.78, 5) is 8.90. The molecule has 2 aromatic heterocycles. The molecule has 0 saturated heterocycles. The van der Waals surface area contributed by atoms with E-state index in [9.17, 15) is 12.8 Å². The number of anilines is 1. The lowest BCUT2D eigenvalue weighted by atomic mass is 10.0. The SMILES string of the molecule is CS(=O)(=O)c1ccc(-c2cnc(NCc3c(F)ccc4c3CCO4)n3cnc(Cl)c23)cc1. The zero-order valence-electron chi connectivity index (χ0n) is 17.0. The second-order valence-corrected chi connectivity index (χ2v) is 9.87. The minimum absolute atomic E-state index is 0.221. The normalized spacial score (nSPS) is 13.2. The Balaban J connectivity index is 1.51. The first-order chi connectivity index (χ1) is 15.3. The average Bonchev–Trinajstić information content (AvgIpc) is 3.40. The summed E-state index contributed by atoms with van der Waals surface area (Å²) in [6, 6.07) is 9.54. The van der Waals surface area contributed by atoms with Gasteiger partial charge in [-0.05, 0) is 29.8 Å². The van der Waals surface area contributed by atoms with Crippen molar-refractivity contribution in [3.63, 3.8) is 0 Å². The lowest BCUT2D eigenvalue weighted by molar-refractivity contribution is 0.356. The van der Waals surface area contributed by atoms with E-state index in [1.54, 1.807) is 40.9 Å². The Morgan fingerprint density at radius 2 is 1.97 bits per heavy atom. The standard InChI is InChI=1S/C22H18ClFN4O3S/c1-32(29,30)14-4-2-13(3-5-14)16-10-25-22(28-12-27-21(23)20(16)28)26-11-17-15-8-9-31-19(15)7-6-18(17)24/h2-7,10,12H,8-9,11H2,1H3,(H,25,26). The topological polar surface area (TPSA) is 85.6 Å². The molecule has 0 aliphatic carbocycles. The molecule has 1 aliphatic heterocycles. The maximum atomic E-state index is 14.5. The van der Waals surface area contributed by atoms with Gasteiger partial charge in [-0.15, -0.1) is 0 Å². The Hall–Kier alpha value is -3.17. The molecule has 1 N–H and O–H groups in total. The average molecular weight is 473 g/mol. The van der Waals surface area contributed by atoms with E-state index in [0.717, 1.165) is 17.4 Å². The van der Waals surface area contributed by atoms with Gasteiger partial charge in [0, 0.05) is 42.1 Å². The largest absolute Gasteiger partial charge is 0.493 e. The Kier molecular flexibility index (Phi) is 5.02. The fourth-order valence-corrected chi connectivity index (χ4v) is 4.74. The summed E-state index contributed by atoms with van der Waals surface area (Å²) in [5, 5.41) is 3.45. The highest BCUT2D eigenvalue weighted by molar-refractivity contribution is 7.90. The third kappa shape index (κ3) is 3.57. The molecule has 0 fully saturated rings. The zero-order chi connectivity index (χ0) is 22.5. The van der Waals surface area contributed by atoms with E-state index >= 15 is 0 Å². The van der Waals surface area contributed by atoms with Crippen molar-refractivity contribution in [1.82, 2.24) is 14.4 Å². The number of rotatable bonds is 5. The van der Waals surface area contributed by atoms with Gasteiger partial charge in [-0.1, -0.05) is 23.7 Å². The number of ether oxygens (including phenoxy) is 1. The van der Waals surface area contributed by atoms with Crippen LogP contribution in [0.3, 0.4) is 0 Å². The number of benzene rings is 2. The third-order valence-electron chi connectivity index (χ3n) is 5.48. The van der Waals surface area contributed by atoms with Crippen LogP contribution < -0.4 is 10.1 Å². The second-order valence-electron chi connectivity index (χ2n) is 7.50. The molecule has 0 bridgehead atoms. The number of aromatic nitrogens is 3. The highest BCUT2D eigenvalue weighted by atomic mass is 35.5. The van der Waals surface area contributed by atoms with E-state index < -0.39 is 9.84 Å². The number of halogens is 2. The summed E-state index contributed by atoms with van der Waals surface area (Å²) in [5.41, 5.74) is 3.45. The number of imidazole rings is 1. The van der Waals surface area contributed by atoms with Crippen LogP contribution in [0.1, 0.15) is 11.1 Å². The molecule has 32 heavy (non-hydrogen) atoms. The van der Waals surface area contributed by atoms with Gasteiger partial charge in [0.1, 0.15) is 17.9 Å². The van der Waals surface area contributed by atoms with Crippen LogP contribution in [-0.2, 0) is 22.8 Å². The lowest BCUT2D eigenvalue weighted by Gasteiger charge is -2.13. The monoisotopic (exact) mass is 472 g/mol. The molecule has 0 spiro atoms. The second kappa shape index (κ2) is 7.75. The van der Waals surface area contributed by atoms with E-state index in [1.807, 2.05) is 0 Å². The van der Waals surface area contributed by atoms with Crippen LogP contribution in [0.15, 0.2) is 53.8 Å². The van der Waals surface area contributed by atoms with Crippen LogP contribution in [0.2, 0.25) is 5.15 Å². The molecule has 7 nitrogen and oxygen atoms in total. The van der Waals surface area contributed by atoms with Crippen LogP contribution >= 0.6 is 11.6 Å². The first-order valence-corrected chi connectivity index (χ1v) is 12.1. The molecule has 164 valence electrons. The minimum atomic E-state index is -3.30. The molecular formula is C22H18ClFN4O3S. The van der Waals surface area contributed by atoms with Gasteiger partial charge < -0.3 is 10.1 Å². The zero-order valence-corrected chi connectivity index (χ0v) is 18.5. The minimum Gasteiger partial charge on any atom is -0.493 e. The molecule has 0 atom stereocenters. The quantitative estimate of drug-likeness (QED) is 0.470. The van der Waals surface area contributed by atoms with Crippen molar-refractivity contribution >= 4 is 32.9 Å². The summed E-state index contributed by atoms with van der Waals surface area (Å²) >= 11 is 6.36. The van der Waals surface area contributed by atoms with Gasteiger partial charge in [0.2, 0.25) is 5.95 Å². The predicted octanol–water partition coefficient (Wildman–Crippen LogP) is 4.14. The molecule has 0 saturated carbocycles. The van der Waals surface area contributed by atoms with Crippen LogP contribution in [0, 0.1) is 5.82 Å². The first kappa shape index (κ1) is 20.7. The smallest absolute Gasteiger partial charge is 0.209 e. The van der Waals surface area contributed by atoms with Crippen molar-refractivity contribution in [2.75, 3.05) is 18.2 Å². The van der Waals surface area contributed by atoms with Crippen LogP contribution in [0.5, 0.6) is 5.75 Å². The Morgan fingerprint density at radius 1 is 1.19 bits per heavy atom. The van der Waals surface area contributed by atoms with Crippen molar-refractivity contribution in [2.45, 2.75) is 17.9 Å². The van der Waals surface area contributed by atoms with Crippen molar-refractivity contribution in [3.05, 3.63) is 71.0 Å². The van der Waals surface area contributed by atoms with Gasteiger partial charge in [-0.2, -0.15) is 0 Å². The van der Waals surface area contributed by atoms with Crippen LogP contribution in [0.4, 0.5) is 10.3 Å². The molecule has 0 amide bonds. The summed E-state index contributed by atoms with van der Waals surface area (Å²) < 4.78 is 45.2. The van der Waals surface area contributed by atoms with E-state index in [1.165, 1.54) is 12.4 Å². The molecule has 0 radical (unpaired) electrons. The van der Waals surface area contributed by atoms with Crippen LogP contribution in [0.25, 0.3) is 16.6 Å². The van der Waals surface area contributed by atoms with Gasteiger partial charge in [0.15, 0.2) is 15.0 Å². The van der Waals surface area contributed by atoms with Crippen molar-refractivity contribution in [3.8, 4) is 16.9 Å². The third-order valence-corrected chi connectivity index (χ3v) is 6.88. The van der Waals surface area contributed by atoms with Gasteiger partial charge in [0.25, 0.3) is 0 Å². The van der Waals surface area contributed by atoms with Gasteiger partial charge >= 0.3 is 0 Å². The number of hydrogen-bond acceptors (Lipinski definition) is 6. The summed E-state index contributed by atoms with van der Waals surface area (Å²) in [5.74, 6) is 0.857. The molecule has 5 rings (SSSR count). The molecule has 10 heteroatoms. The van der Waals surface area contributed by atoms with Gasteiger partial charge in [0.05, 0.1) is 17.0 Å². The molecular weight excluding hydrogens is 455 g/mol. The predicted molar refractivity (Wildman–Crippen MR) is 119 cm³/mol. The molecule has 1 aliphatic rings. The van der Waals surface area contributed by atoms with E-state index in [2.05, 4.69) is 15.3 Å². The van der Waals surface area contributed by atoms with E-state index in [-0.39, 0.29) is 22.4 Å². The molecule has 3 heterocycles. The Morgan fingerprint density at radius 3 is 2.72 bits per heavy atom. The number of nitrogens with one attached hydrogen (secondary N) is 1. The van der Waals surface area contributed by atoms with Gasteiger partial charge in [-0.25, -0.2) is 22.8 Å². The molecule has 4 aromatic rings. The number of sulfone groups is 1. The van der Waals surface area contributed by atoms with E-state index in [4.69, 9.17) is 16.3 Å². The summed E-state index contributed by atoms with van der Waals surface area (Å²) in [7, 11) is -3.30. The number of hydrogen-bond donors (Lipinski definition) is 1. The first-order valence-electron chi connectivity index (χ1n) is 9.82. The Bertz CT molecular complexity index is 1450.